The molecule has 4 aromatic rings. The minimum Gasteiger partial charge on any atom is -0.493 e. The lowest BCUT2D eigenvalue weighted by Crippen LogP contribution is -2.49. The van der Waals surface area contributed by atoms with Gasteiger partial charge >= 0.3 is 0 Å². The summed E-state index contributed by atoms with van der Waals surface area (Å²) in [6.45, 7) is 0. The molecule has 0 radical (unpaired) electrons. The van der Waals surface area contributed by atoms with E-state index in [-0.39, 0.29) is 23.0 Å². The van der Waals surface area contributed by atoms with Crippen LogP contribution in [0.25, 0.3) is 6.08 Å². The molecule has 8 heteroatoms. The number of ketones is 2. The van der Waals surface area contributed by atoms with Gasteiger partial charge in [0.15, 0.2) is 23.1 Å². The largest absolute Gasteiger partial charge is 0.493 e. The second kappa shape index (κ2) is 10.4. The van der Waals surface area contributed by atoms with Crippen LogP contribution in [0.3, 0.4) is 0 Å². The Morgan fingerprint density at radius 2 is 1.43 bits per heavy atom. The zero-order chi connectivity index (χ0) is 30.6. The van der Waals surface area contributed by atoms with Crippen molar-refractivity contribution in [3.8, 4) is 17.2 Å². The fraction of sp³-hybridized carbons (Fsp3) is 0.194. The maximum absolute atomic E-state index is 15.2. The fourth-order valence-electron chi connectivity index (χ4n) is 7.34. The summed E-state index contributed by atoms with van der Waals surface area (Å²) in [6.07, 6.45) is 3.80. The Kier molecular flexibility index (Phi) is 6.50. The van der Waals surface area contributed by atoms with Crippen molar-refractivity contribution in [2.75, 3.05) is 26.6 Å². The summed E-state index contributed by atoms with van der Waals surface area (Å²) in [6, 6.07) is 25.7. The third-order valence-corrected chi connectivity index (χ3v) is 9.13. The van der Waals surface area contributed by atoms with E-state index in [9.17, 15) is 9.59 Å². The molecule has 220 valence electrons. The SMILES string of the molecule is COc1cc(C(=O)[C@@H]2[C@H](C(=O)c3ccccc3)N3C=Cc4ccccc4[C@H]3[C@]23C(=O)Nc2ccccc23)cc(OC)c1OC. The minimum absolute atomic E-state index is 0.240. The van der Waals surface area contributed by atoms with Gasteiger partial charge in [-0.15, -0.1) is 0 Å². The molecule has 7 rings (SSSR count). The first-order chi connectivity index (χ1) is 21.4. The second-order valence-corrected chi connectivity index (χ2v) is 11.1. The predicted octanol–water partition coefficient (Wildman–Crippen LogP) is 5.69. The number of carbonyl (C=O) groups excluding carboxylic acids is 3. The molecule has 1 saturated heterocycles. The Morgan fingerprint density at radius 1 is 0.773 bits per heavy atom. The van der Waals surface area contributed by atoms with Gasteiger partial charge in [-0.25, -0.2) is 0 Å². The highest BCUT2D eigenvalue weighted by molar-refractivity contribution is 6.17. The zero-order valence-corrected chi connectivity index (χ0v) is 24.4. The van der Waals surface area contributed by atoms with Crippen molar-refractivity contribution < 1.29 is 28.6 Å². The van der Waals surface area contributed by atoms with E-state index in [4.69, 9.17) is 14.2 Å². The number of benzene rings is 4. The van der Waals surface area contributed by atoms with Gasteiger partial charge in [0, 0.05) is 23.0 Å². The summed E-state index contributed by atoms with van der Waals surface area (Å²) in [4.78, 5) is 46.3. The zero-order valence-electron chi connectivity index (χ0n) is 24.4. The van der Waals surface area contributed by atoms with Crippen molar-refractivity contribution in [3.05, 3.63) is 125 Å². The quantitative estimate of drug-likeness (QED) is 0.278. The van der Waals surface area contributed by atoms with Crippen molar-refractivity contribution in [1.82, 2.24) is 4.90 Å². The van der Waals surface area contributed by atoms with E-state index >= 15 is 4.79 Å². The highest BCUT2D eigenvalue weighted by Gasteiger charge is 2.70. The van der Waals surface area contributed by atoms with E-state index in [0.717, 1.165) is 11.1 Å². The molecule has 0 bridgehead atoms. The average molecular weight is 587 g/mol. The van der Waals surface area contributed by atoms with Gasteiger partial charge in [0.05, 0.1) is 33.3 Å². The normalized spacial score (nSPS) is 22.6. The second-order valence-electron chi connectivity index (χ2n) is 11.1. The smallest absolute Gasteiger partial charge is 0.238 e. The molecule has 3 aliphatic heterocycles. The van der Waals surface area contributed by atoms with E-state index in [1.807, 2.05) is 71.8 Å². The van der Waals surface area contributed by atoms with Gasteiger partial charge in [-0.2, -0.15) is 0 Å². The molecule has 0 unspecified atom stereocenters. The van der Waals surface area contributed by atoms with Crippen molar-refractivity contribution in [2.45, 2.75) is 17.5 Å². The molecule has 1 amide bonds. The van der Waals surface area contributed by atoms with E-state index < -0.39 is 23.4 Å². The average Bonchev–Trinajstić information content (AvgIpc) is 3.55. The predicted molar refractivity (Wildman–Crippen MR) is 165 cm³/mol. The molecular formula is C36H30N2O6. The van der Waals surface area contributed by atoms with Gasteiger partial charge in [-0.3, -0.25) is 14.4 Å². The van der Waals surface area contributed by atoms with Crippen LogP contribution in [0, 0.1) is 5.92 Å². The number of rotatable bonds is 7. The Labute approximate surface area is 254 Å². The fourth-order valence-corrected chi connectivity index (χ4v) is 7.34. The molecular weight excluding hydrogens is 556 g/mol. The molecule has 1 fully saturated rings. The van der Waals surface area contributed by atoms with Gasteiger partial charge < -0.3 is 24.4 Å². The first kappa shape index (κ1) is 27.5. The van der Waals surface area contributed by atoms with Crippen molar-refractivity contribution in [3.63, 3.8) is 0 Å². The number of para-hydroxylation sites is 1. The van der Waals surface area contributed by atoms with Crippen LogP contribution in [-0.4, -0.2) is 49.7 Å². The van der Waals surface area contributed by atoms with Gasteiger partial charge in [0.2, 0.25) is 11.7 Å². The Bertz CT molecular complexity index is 1830. The maximum Gasteiger partial charge on any atom is 0.238 e. The van der Waals surface area contributed by atoms with Crippen LogP contribution in [0.15, 0.2) is 97.2 Å². The molecule has 44 heavy (non-hydrogen) atoms. The summed E-state index contributed by atoms with van der Waals surface area (Å²) in [5.41, 5.74) is 2.35. The first-order valence-electron chi connectivity index (χ1n) is 14.3. The summed E-state index contributed by atoms with van der Waals surface area (Å²) in [7, 11) is 4.45. The Morgan fingerprint density at radius 3 is 2.14 bits per heavy atom. The molecule has 3 aliphatic rings. The molecule has 0 saturated carbocycles. The van der Waals surface area contributed by atoms with Crippen molar-refractivity contribution in [1.29, 1.82) is 0 Å². The van der Waals surface area contributed by atoms with Gasteiger partial charge in [0.25, 0.3) is 0 Å². The highest BCUT2D eigenvalue weighted by atomic mass is 16.5. The number of fused-ring (bicyclic) bond motifs is 6. The van der Waals surface area contributed by atoms with Crippen LogP contribution >= 0.6 is 0 Å². The topological polar surface area (TPSA) is 94.2 Å². The lowest BCUT2D eigenvalue weighted by Gasteiger charge is -2.38. The molecule has 4 aromatic carbocycles. The van der Waals surface area contributed by atoms with Crippen molar-refractivity contribution in [2.24, 2.45) is 5.92 Å². The third-order valence-electron chi connectivity index (χ3n) is 9.13. The van der Waals surface area contributed by atoms with Crippen LogP contribution in [0.5, 0.6) is 17.2 Å². The molecule has 1 spiro atoms. The number of carbonyl (C=O) groups is 3. The van der Waals surface area contributed by atoms with E-state index in [2.05, 4.69) is 5.32 Å². The molecule has 8 nitrogen and oxygen atoms in total. The monoisotopic (exact) mass is 586 g/mol. The number of anilines is 1. The molecule has 0 aromatic heterocycles. The van der Waals surface area contributed by atoms with Crippen LogP contribution in [0.4, 0.5) is 5.69 Å². The van der Waals surface area contributed by atoms with Gasteiger partial charge in [0.1, 0.15) is 11.5 Å². The number of amides is 1. The standard InChI is InChI=1S/C36H30N2O6/c1-42-27-19-23(20-28(43-2)33(27)44-3)31(39)29-30(32(40)22-12-5-4-6-13-22)38-18-17-21-11-7-8-14-24(21)34(38)36(29)25-15-9-10-16-26(25)37-35(36)41/h4-20,29-30,34H,1-3H3,(H,37,41)/t29-,30+,34-,36+/m0/s1. The lowest BCUT2D eigenvalue weighted by atomic mass is 9.62. The minimum atomic E-state index is -1.44. The number of nitrogens with zero attached hydrogens (tertiary/aromatic N) is 1. The number of hydrogen-bond acceptors (Lipinski definition) is 7. The van der Waals surface area contributed by atoms with Gasteiger partial charge in [-0.05, 0) is 41.0 Å². The van der Waals surface area contributed by atoms with Crippen molar-refractivity contribution >= 4 is 29.2 Å². The van der Waals surface area contributed by atoms with E-state index in [1.165, 1.54) is 21.3 Å². The number of nitrogens with one attached hydrogen (secondary N) is 1. The van der Waals surface area contributed by atoms with Crippen LogP contribution in [0.1, 0.15) is 43.4 Å². The molecule has 3 heterocycles. The van der Waals surface area contributed by atoms with Crippen LogP contribution in [-0.2, 0) is 10.2 Å². The van der Waals surface area contributed by atoms with Crippen LogP contribution in [0.2, 0.25) is 0 Å². The Hall–Kier alpha value is -5.37. The number of hydrogen-bond donors (Lipinski definition) is 1. The summed E-state index contributed by atoms with van der Waals surface area (Å²) in [5.74, 6) is -1.15. The van der Waals surface area contributed by atoms with Gasteiger partial charge in [-0.1, -0.05) is 72.8 Å². The van der Waals surface area contributed by atoms with E-state index in [0.29, 0.717) is 34.1 Å². The number of methoxy groups -OCH3 is 3. The summed E-state index contributed by atoms with van der Waals surface area (Å²) < 4.78 is 16.7. The maximum atomic E-state index is 15.2. The third kappa shape index (κ3) is 3.73. The highest BCUT2D eigenvalue weighted by Crippen LogP contribution is 2.62. The molecule has 4 atom stereocenters. The first-order valence-corrected chi connectivity index (χ1v) is 14.3. The number of ether oxygens (including phenoxy) is 3. The molecule has 1 N–H and O–H groups in total. The number of Topliss-reactive ketones (excluding diaryl/α,β-unsaturated/α-hetero) is 2. The van der Waals surface area contributed by atoms with E-state index in [1.54, 1.807) is 36.4 Å². The molecule has 0 aliphatic carbocycles. The van der Waals surface area contributed by atoms with Crippen LogP contribution < -0.4 is 19.5 Å². The lowest BCUT2D eigenvalue weighted by molar-refractivity contribution is -0.122. The summed E-state index contributed by atoms with van der Waals surface area (Å²) >= 11 is 0. The Balaban J connectivity index is 1.54. The summed E-state index contributed by atoms with van der Waals surface area (Å²) in [5, 5.41) is 3.07.